The first kappa shape index (κ1) is 34.3. The number of hydrogen-bond donors (Lipinski definition) is 0. The first-order chi connectivity index (χ1) is 29.7. The van der Waals surface area contributed by atoms with Gasteiger partial charge in [0, 0.05) is 0 Å². The van der Waals surface area contributed by atoms with E-state index >= 15 is 0 Å². The Morgan fingerprint density at radius 1 is 0.167 bits per heavy atom. The lowest BCUT2D eigenvalue weighted by atomic mass is 9.82. The Labute approximate surface area is 349 Å². The van der Waals surface area contributed by atoms with E-state index < -0.39 is 0 Å². The van der Waals surface area contributed by atoms with Gasteiger partial charge in [0.15, 0.2) is 0 Å². The molecule has 12 aromatic carbocycles. The van der Waals surface area contributed by atoms with Crippen molar-refractivity contribution in [2.24, 2.45) is 0 Å². The highest BCUT2D eigenvalue weighted by Crippen LogP contribution is 2.48. The first-order valence-electron chi connectivity index (χ1n) is 20.8. The van der Waals surface area contributed by atoms with Gasteiger partial charge >= 0.3 is 0 Å². The molecule has 0 aromatic heterocycles. The van der Waals surface area contributed by atoms with Crippen LogP contribution < -0.4 is 0 Å². The molecule has 0 aliphatic carbocycles. The summed E-state index contributed by atoms with van der Waals surface area (Å²) in [6.07, 6.45) is 0. The van der Waals surface area contributed by atoms with Gasteiger partial charge in [-0.3, -0.25) is 0 Å². The van der Waals surface area contributed by atoms with Gasteiger partial charge in [-0.05, 0) is 157 Å². The summed E-state index contributed by atoms with van der Waals surface area (Å²) in [5.41, 5.74) is 12.2. The third-order valence-corrected chi connectivity index (χ3v) is 12.6. The normalized spacial score (nSPS) is 11.7. The number of benzene rings is 12. The zero-order chi connectivity index (χ0) is 39.6. The van der Waals surface area contributed by atoms with Gasteiger partial charge in [0.1, 0.15) is 0 Å². The fourth-order valence-electron chi connectivity index (χ4n) is 9.71. The highest BCUT2D eigenvalue weighted by molar-refractivity contribution is 6.24. The van der Waals surface area contributed by atoms with Gasteiger partial charge in [-0.1, -0.05) is 194 Å². The molecule has 0 saturated carbocycles. The minimum atomic E-state index is 1.20. The predicted octanol–water partition coefficient (Wildman–Crippen LogP) is 16.9. The van der Waals surface area contributed by atoms with Crippen LogP contribution in [0.4, 0.5) is 0 Å². The van der Waals surface area contributed by atoms with Crippen LogP contribution in [0.3, 0.4) is 0 Å². The highest BCUT2D eigenvalue weighted by Gasteiger charge is 2.20. The maximum absolute atomic E-state index is 2.46. The van der Waals surface area contributed by atoms with E-state index in [1.54, 1.807) is 0 Å². The van der Waals surface area contributed by atoms with Crippen LogP contribution in [0.5, 0.6) is 0 Å². The lowest BCUT2D eigenvalue weighted by Crippen LogP contribution is -1.94. The Bertz CT molecular complexity index is 3550. The molecule has 0 atom stereocenters. The van der Waals surface area contributed by atoms with Crippen molar-refractivity contribution in [1.82, 2.24) is 0 Å². The van der Waals surface area contributed by atoms with Gasteiger partial charge in [0.2, 0.25) is 0 Å². The van der Waals surface area contributed by atoms with Crippen molar-refractivity contribution in [1.29, 1.82) is 0 Å². The van der Waals surface area contributed by atoms with Crippen LogP contribution in [-0.2, 0) is 0 Å². The van der Waals surface area contributed by atoms with Crippen LogP contribution in [0.15, 0.2) is 231 Å². The molecule has 0 aliphatic rings. The standard InChI is InChI=1S/C60H38/c1-3-17-43-33-45(29-27-39(43)13-1)48-35-49(46-30-28-40-14-2-4-18-44(40)34-46)37-50(36-48)59-55-23-9-10-24-56(55)60(54-26-12-20-42-16-6-8-22-52(42)54)58-38-47(31-32-57(58)59)53-25-11-19-41-15-5-7-21-51(41)53/h1-38H. The summed E-state index contributed by atoms with van der Waals surface area (Å²) >= 11 is 0. The van der Waals surface area contributed by atoms with Crippen LogP contribution >= 0.6 is 0 Å². The summed E-state index contributed by atoms with van der Waals surface area (Å²) in [4.78, 5) is 0. The Hall–Kier alpha value is -7.80. The van der Waals surface area contributed by atoms with Crippen LogP contribution in [-0.4, -0.2) is 0 Å². The number of fused-ring (bicyclic) bond motifs is 6. The zero-order valence-corrected chi connectivity index (χ0v) is 32.9. The molecule has 0 nitrogen and oxygen atoms in total. The van der Waals surface area contributed by atoms with Gasteiger partial charge < -0.3 is 0 Å². The molecule has 0 N–H and O–H groups in total. The van der Waals surface area contributed by atoms with Crippen LogP contribution in [0.1, 0.15) is 0 Å². The zero-order valence-electron chi connectivity index (χ0n) is 32.9. The maximum atomic E-state index is 2.46. The summed E-state index contributed by atoms with van der Waals surface area (Å²) in [5, 5.41) is 14.9. The summed E-state index contributed by atoms with van der Waals surface area (Å²) in [7, 11) is 0. The molecule has 278 valence electrons. The minimum Gasteiger partial charge on any atom is -0.0616 e. The van der Waals surface area contributed by atoms with Crippen molar-refractivity contribution in [3.8, 4) is 55.6 Å². The molecule has 0 amide bonds. The quantitative estimate of drug-likeness (QED) is 0.153. The average Bonchev–Trinajstić information content (AvgIpc) is 3.32. The maximum Gasteiger partial charge on any atom is -0.00199 e. The minimum absolute atomic E-state index is 1.20. The molecule has 0 heteroatoms. The molecular weight excluding hydrogens is 721 g/mol. The Morgan fingerprint density at radius 3 is 1.18 bits per heavy atom. The lowest BCUT2D eigenvalue weighted by Gasteiger charge is -2.21. The first-order valence-corrected chi connectivity index (χ1v) is 20.8. The molecular formula is C60H38. The van der Waals surface area contributed by atoms with E-state index in [2.05, 4.69) is 231 Å². The second-order valence-corrected chi connectivity index (χ2v) is 16.0. The van der Waals surface area contributed by atoms with Crippen molar-refractivity contribution in [2.75, 3.05) is 0 Å². The van der Waals surface area contributed by atoms with Gasteiger partial charge in [0.25, 0.3) is 0 Å². The summed E-state index contributed by atoms with van der Waals surface area (Å²) < 4.78 is 0. The van der Waals surface area contributed by atoms with Gasteiger partial charge in [-0.15, -0.1) is 0 Å². The fourth-order valence-corrected chi connectivity index (χ4v) is 9.71. The van der Waals surface area contributed by atoms with Crippen molar-refractivity contribution < 1.29 is 0 Å². The molecule has 0 bridgehead atoms. The van der Waals surface area contributed by atoms with E-state index in [1.165, 1.54) is 120 Å². The SMILES string of the molecule is c1ccc2cc(-c3cc(-c4ccc5ccccc5c4)cc(-c4c5ccccc5c(-c5cccc6ccccc56)c5cc(-c6cccc7ccccc67)ccc45)c3)ccc2c1. The molecule has 12 aromatic rings. The van der Waals surface area contributed by atoms with E-state index in [-0.39, 0.29) is 0 Å². The van der Waals surface area contributed by atoms with E-state index in [0.717, 1.165) is 0 Å². The number of rotatable bonds is 5. The van der Waals surface area contributed by atoms with Crippen molar-refractivity contribution in [2.45, 2.75) is 0 Å². The molecule has 60 heavy (non-hydrogen) atoms. The third-order valence-electron chi connectivity index (χ3n) is 12.6. The molecule has 0 unspecified atom stereocenters. The second-order valence-electron chi connectivity index (χ2n) is 16.0. The van der Waals surface area contributed by atoms with Crippen LogP contribution in [0, 0.1) is 0 Å². The van der Waals surface area contributed by atoms with E-state index in [9.17, 15) is 0 Å². The third kappa shape index (κ3) is 5.69. The Kier molecular flexibility index (Phi) is 7.96. The summed E-state index contributed by atoms with van der Waals surface area (Å²) in [6, 6.07) is 85.5. The smallest absolute Gasteiger partial charge is 0.00199 e. The van der Waals surface area contributed by atoms with Gasteiger partial charge in [-0.25, -0.2) is 0 Å². The molecule has 0 spiro atoms. The van der Waals surface area contributed by atoms with Crippen molar-refractivity contribution >= 4 is 64.6 Å². The van der Waals surface area contributed by atoms with Crippen LogP contribution in [0.25, 0.3) is 120 Å². The fraction of sp³-hybridized carbons (Fsp3) is 0. The van der Waals surface area contributed by atoms with E-state index in [1.807, 2.05) is 0 Å². The monoisotopic (exact) mass is 758 g/mol. The van der Waals surface area contributed by atoms with Crippen molar-refractivity contribution in [3.05, 3.63) is 231 Å². The van der Waals surface area contributed by atoms with E-state index in [0.29, 0.717) is 0 Å². The summed E-state index contributed by atoms with van der Waals surface area (Å²) in [5.74, 6) is 0. The predicted molar refractivity (Wildman–Crippen MR) is 259 cm³/mol. The van der Waals surface area contributed by atoms with Gasteiger partial charge in [-0.2, -0.15) is 0 Å². The van der Waals surface area contributed by atoms with Crippen molar-refractivity contribution in [3.63, 3.8) is 0 Å². The molecule has 12 rings (SSSR count). The number of hydrogen-bond acceptors (Lipinski definition) is 0. The molecule has 0 saturated heterocycles. The largest absolute Gasteiger partial charge is 0.0616 e. The van der Waals surface area contributed by atoms with E-state index in [4.69, 9.17) is 0 Å². The lowest BCUT2D eigenvalue weighted by molar-refractivity contribution is 1.60. The summed E-state index contributed by atoms with van der Waals surface area (Å²) in [6.45, 7) is 0. The molecule has 0 heterocycles. The van der Waals surface area contributed by atoms with Gasteiger partial charge in [0.05, 0.1) is 0 Å². The highest BCUT2D eigenvalue weighted by atomic mass is 14.2. The molecule has 0 radical (unpaired) electrons. The Morgan fingerprint density at radius 2 is 0.583 bits per heavy atom. The topological polar surface area (TPSA) is 0 Å². The average molecular weight is 759 g/mol. The molecule has 0 fully saturated rings. The van der Waals surface area contributed by atoms with Crippen LogP contribution in [0.2, 0.25) is 0 Å². The Balaban J connectivity index is 1.19. The second kappa shape index (κ2) is 13.9. The molecule has 0 aliphatic heterocycles.